The Morgan fingerprint density at radius 1 is 0.757 bits per heavy atom. The summed E-state index contributed by atoms with van der Waals surface area (Å²) < 4.78 is 61.5. The lowest BCUT2D eigenvalue weighted by Gasteiger charge is -2.39. The van der Waals surface area contributed by atoms with Gasteiger partial charge in [-0.3, -0.25) is 9.10 Å². The predicted molar refractivity (Wildman–Crippen MR) is 138 cm³/mol. The van der Waals surface area contributed by atoms with Crippen LogP contribution in [0.2, 0.25) is 0 Å². The number of hydrogen-bond donors (Lipinski definition) is 0. The van der Waals surface area contributed by atoms with Crippen LogP contribution in [-0.2, 0) is 24.8 Å². The molecule has 3 aromatic rings. The lowest BCUT2D eigenvalue weighted by molar-refractivity contribution is -0.139. The van der Waals surface area contributed by atoms with Gasteiger partial charge in [0, 0.05) is 26.2 Å². The zero-order valence-electron chi connectivity index (χ0n) is 20.2. The maximum absolute atomic E-state index is 13.5. The highest BCUT2D eigenvalue weighted by Crippen LogP contribution is 2.37. The number of sulfonamides is 2. The molecule has 11 heteroatoms. The summed E-state index contributed by atoms with van der Waals surface area (Å²) in [5.74, 6) is -0.0812. The first kappa shape index (κ1) is 25.2. The Balaban J connectivity index is 1.33. The maximum atomic E-state index is 13.5. The van der Waals surface area contributed by atoms with Gasteiger partial charge in [-0.25, -0.2) is 16.8 Å². The largest absolute Gasteiger partial charge is 0.476 e. The highest BCUT2D eigenvalue weighted by molar-refractivity contribution is 7.92. The normalized spacial score (nSPS) is 18.7. The van der Waals surface area contributed by atoms with Gasteiger partial charge in [-0.2, -0.15) is 4.31 Å². The molecule has 0 saturated carbocycles. The van der Waals surface area contributed by atoms with Gasteiger partial charge in [0.1, 0.15) is 5.75 Å². The second-order valence-electron chi connectivity index (χ2n) is 8.97. The Bertz CT molecular complexity index is 1500. The zero-order valence-corrected chi connectivity index (χ0v) is 21.9. The second kappa shape index (κ2) is 9.81. The van der Waals surface area contributed by atoms with Crippen molar-refractivity contribution >= 4 is 31.6 Å². The van der Waals surface area contributed by atoms with E-state index in [1.54, 1.807) is 66.7 Å². The van der Waals surface area contributed by atoms with E-state index in [0.717, 1.165) is 5.56 Å². The molecule has 2 aliphatic rings. The zero-order chi connectivity index (χ0) is 26.2. The van der Waals surface area contributed by atoms with E-state index in [1.165, 1.54) is 25.6 Å². The fourth-order valence-corrected chi connectivity index (χ4v) is 7.41. The van der Waals surface area contributed by atoms with Gasteiger partial charge in [0.2, 0.25) is 10.0 Å². The van der Waals surface area contributed by atoms with Gasteiger partial charge in [0.05, 0.1) is 22.0 Å². The van der Waals surface area contributed by atoms with E-state index in [1.807, 2.05) is 6.92 Å². The number of amides is 1. The van der Waals surface area contributed by atoms with E-state index in [9.17, 15) is 21.6 Å². The van der Waals surface area contributed by atoms with E-state index < -0.39 is 26.2 Å². The Labute approximate surface area is 217 Å². The van der Waals surface area contributed by atoms with Crippen molar-refractivity contribution in [3.63, 3.8) is 0 Å². The highest BCUT2D eigenvalue weighted by Gasteiger charge is 2.40. The summed E-state index contributed by atoms with van der Waals surface area (Å²) in [6.45, 7) is 2.33. The number of fused-ring (bicyclic) bond motifs is 1. The van der Waals surface area contributed by atoms with Gasteiger partial charge >= 0.3 is 0 Å². The number of aryl methyl sites for hydroxylation is 1. The number of carbonyl (C=O) groups excluding carboxylic acids is 1. The summed E-state index contributed by atoms with van der Waals surface area (Å²) in [4.78, 5) is 15.3. The van der Waals surface area contributed by atoms with E-state index >= 15 is 0 Å². The van der Waals surface area contributed by atoms with Crippen LogP contribution >= 0.6 is 0 Å². The molecule has 2 aliphatic heterocycles. The van der Waals surface area contributed by atoms with Crippen LogP contribution in [0, 0.1) is 6.92 Å². The first-order valence-corrected chi connectivity index (χ1v) is 14.7. The minimum absolute atomic E-state index is 0.118. The molecule has 0 N–H and O–H groups in total. The van der Waals surface area contributed by atoms with Gasteiger partial charge < -0.3 is 9.64 Å². The summed E-state index contributed by atoms with van der Waals surface area (Å²) in [7, 11) is -7.61. The predicted octanol–water partition coefficient (Wildman–Crippen LogP) is 2.48. The number of nitrogens with zero attached hydrogens (tertiary/aromatic N) is 3. The monoisotopic (exact) mass is 541 g/mol. The quantitative estimate of drug-likeness (QED) is 0.492. The molecular weight excluding hydrogens is 514 g/mol. The van der Waals surface area contributed by atoms with Gasteiger partial charge in [-0.1, -0.05) is 48.0 Å². The SMILES string of the molecule is Cc1ccc(S(=O)(=O)N2CCN(C(=O)[C@H]3CN(S(=O)(=O)c4ccccc4)c4ccccc4O3)CC2)cc1. The van der Waals surface area contributed by atoms with Crippen LogP contribution in [0.3, 0.4) is 0 Å². The third-order valence-corrected chi connectivity index (χ3v) is 10.3. The number of ether oxygens (including phenoxy) is 1. The molecule has 5 rings (SSSR count). The van der Waals surface area contributed by atoms with Crippen LogP contribution in [0.1, 0.15) is 5.56 Å². The summed E-state index contributed by atoms with van der Waals surface area (Å²) in [5.41, 5.74) is 1.33. The minimum Gasteiger partial charge on any atom is -0.476 e. The molecule has 2 heterocycles. The first-order valence-electron chi connectivity index (χ1n) is 11.9. The molecule has 1 saturated heterocycles. The van der Waals surface area contributed by atoms with Gasteiger partial charge in [0.25, 0.3) is 15.9 Å². The maximum Gasteiger partial charge on any atom is 0.265 e. The number of carbonyl (C=O) groups is 1. The Morgan fingerprint density at radius 2 is 1.35 bits per heavy atom. The van der Waals surface area contributed by atoms with Crippen molar-refractivity contribution in [2.75, 3.05) is 37.0 Å². The molecule has 0 bridgehead atoms. The minimum atomic E-state index is -3.94. The lowest BCUT2D eigenvalue weighted by Crippen LogP contribution is -2.56. The number of rotatable bonds is 5. The van der Waals surface area contributed by atoms with Crippen molar-refractivity contribution in [3.8, 4) is 5.75 Å². The standard InChI is InChI=1S/C26H27N3O6S2/c1-20-11-13-22(14-12-20)36(31,32)28-17-15-27(16-18-28)26(30)25-19-29(23-9-5-6-10-24(23)35-25)37(33,34)21-7-3-2-4-8-21/h2-14,25H,15-19H2,1H3/t25-/m1/s1. The third-order valence-electron chi connectivity index (χ3n) is 6.55. The number of piperazine rings is 1. The van der Waals surface area contributed by atoms with Crippen molar-refractivity contribution in [2.24, 2.45) is 0 Å². The van der Waals surface area contributed by atoms with Crippen LogP contribution in [0.15, 0.2) is 88.7 Å². The summed E-state index contributed by atoms with van der Waals surface area (Å²) in [5, 5.41) is 0. The molecule has 37 heavy (non-hydrogen) atoms. The molecule has 0 spiro atoms. The smallest absolute Gasteiger partial charge is 0.265 e. The lowest BCUT2D eigenvalue weighted by atomic mass is 10.2. The second-order valence-corrected chi connectivity index (χ2v) is 12.8. The fraction of sp³-hybridized carbons (Fsp3) is 0.269. The number of hydrogen-bond acceptors (Lipinski definition) is 6. The molecule has 1 atom stereocenters. The van der Waals surface area contributed by atoms with Crippen molar-refractivity contribution in [2.45, 2.75) is 22.8 Å². The highest BCUT2D eigenvalue weighted by atomic mass is 32.2. The molecule has 0 unspecified atom stereocenters. The van der Waals surface area contributed by atoms with E-state index in [4.69, 9.17) is 4.74 Å². The molecule has 1 fully saturated rings. The van der Waals surface area contributed by atoms with E-state index in [2.05, 4.69) is 0 Å². The molecule has 194 valence electrons. The van der Waals surface area contributed by atoms with E-state index in [-0.39, 0.29) is 48.4 Å². The van der Waals surface area contributed by atoms with Gasteiger partial charge in [0.15, 0.2) is 6.10 Å². The van der Waals surface area contributed by atoms with Crippen molar-refractivity contribution in [1.82, 2.24) is 9.21 Å². The average Bonchev–Trinajstić information content (AvgIpc) is 2.92. The molecule has 1 amide bonds. The first-order chi connectivity index (χ1) is 17.7. The van der Waals surface area contributed by atoms with Gasteiger partial charge in [-0.05, 0) is 43.3 Å². The summed E-state index contributed by atoms with van der Waals surface area (Å²) in [6.07, 6.45) is -1.06. The van der Waals surface area contributed by atoms with Crippen LogP contribution in [0.5, 0.6) is 5.75 Å². The molecule has 0 radical (unpaired) electrons. The van der Waals surface area contributed by atoms with Crippen molar-refractivity contribution in [3.05, 3.63) is 84.4 Å². The average molecular weight is 542 g/mol. The molecular formula is C26H27N3O6S2. The number of anilines is 1. The number of para-hydroxylation sites is 2. The number of benzene rings is 3. The van der Waals surface area contributed by atoms with Crippen LogP contribution < -0.4 is 9.04 Å². The molecule has 0 aromatic heterocycles. The summed E-state index contributed by atoms with van der Waals surface area (Å²) in [6, 6.07) is 21.4. The third kappa shape index (κ3) is 4.81. The van der Waals surface area contributed by atoms with Crippen LogP contribution in [-0.4, -0.2) is 70.8 Å². The molecule has 9 nitrogen and oxygen atoms in total. The van der Waals surface area contributed by atoms with Crippen molar-refractivity contribution < 1.29 is 26.4 Å². The topological polar surface area (TPSA) is 104 Å². The molecule has 3 aromatic carbocycles. The Hall–Kier alpha value is -3.41. The van der Waals surface area contributed by atoms with Gasteiger partial charge in [-0.15, -0.1) is 0 Å². The van der Waals surface area contributed by atoms with E-state index in [0.29, 0.717) is 11.4 Å². The fourth-order valence-electron chi connectivity index (χ4n) is 4.49. The molecule has 0 aliphatic carbocycles. The van der Waals surface area contributed by atoms with Crippen LogP contribution in [0.25, 0.3) is 0 Å². The Morgan fingerprint density at radius 3 is 2.03 bits per heavy atom. The summed E-state index contributed by atoms with van der Waals surface area (Å²) >= 11 is 0. The van der Waals surface area contributed by atoms with Crippen molar-refractivity contribution in [1.29, 1.82) is 0 Å². The van der Waals surface area contributed by atoms with Crippen LogP contribution in [0.4, 0.5) is 5.69 Å². The Kier molecular flexibility index (Phi) is 6.69.